The number of pyridine rings is 1. The number of aromatic nitrogens is 1. The van der Waals surface area contributed by atoms with Gasteiger partial charge in [0.1, 0.15) is 0 Å². The zero-order chi connectivity index (χ0) is 12.1. The molecule has 2 N–H and O–H groups in total. The molecule has 2 nitrogen and oxygen atoms in total. The van der Waals surface area contributed by atoms with Gasteiger partial charge in [-0.05, 0) is 48.9 Å². The molecule has 0 bridgehead atoms. The summed E-state index contributed by atoms with van der Waals surface area (Å²) in [6.45, 7) is 0.629. The zero-order valence-electron chi connectivity index (χ0n) is 9.27. The van der Waals surface area contributed by atoms with Crippen LogP contribution in [-0.2, 0) is 6.42 Å². The van der Waals surface area contributed by atoms with Crippen LogP contribution >= 0.6 is 23.4 Å². The summed E-state index contributed by atoms with van der Waals surface area (Å²) >= 11 is 7.70. The molecule has 0 atom stereocenters. The molecule has 0 saturated heterocycles. The van der Waals surface area contributed by atoms with Crippen LogP contribution in [0.15, 0.2) is 52.5 Å². The number of halogens is 1. The molecule has 17 heavy (non-hydrogen) atoms. The van der Waals surface area contributed by atoms with Gasteiger partial charge in [-0.1, -0.05) is 23.4 Å². The summed E-state index contributed by atoms with van der Waals surface area (Å²) in [5.74, 6) is 0. The second-order valence-corrected chi connectivity index (χ2v) is 5.13. The van der Waals surface area contributed by atoms with Crippen LogP contribution in [0, 0.1) is 0 Å². The molecule has 2 rings (SSSR count). The largest absolute Gasteiger partial charge is 0.330 e. The van der Waals surface area contributed by atoms with Crippen LogP contribution < -0.4 is 5.73 Å². The zero-order valence-corrected chi connectivity index (χ0v) is 10.8. The van der Waals surface area contributed by atoms with E-state index in [-0.39, 0.29) is 0 Å². The monoisotopic (exact) mass is 264 g/mol. The average Bonchev–Trinajstić information content (AvgIpc) is 2.34. The van der Waals surface area contributed by atoms with Gasteiger partial charge in [-0.3, -0.25) is 4.98 Å². The van der Waals surface area contributed by atoms with Crippen LogP contribution in [0.2, 0.25) is 5.02 Å². The van der Waals surface area contributed by atoms with Crippen LogP contribution in [0.4, 0.5) is 0 Å². The van der Waals surface area contributed by atoms with Gasteiger partial charge < -0.3 is 5.73 Å². The Morgan fingerprint density at radius 3 is 2.65 bits per heavy atom. The van der Waals surface area contributed by atoms with Gasteiger partial charge in [-0.25, -0.2) is 0 Å². The van der Waals surface area contributed by atoms with Crippen LogP contribution in [0.5, 0.6) is 0 Å². The minimum absolute atomic E-state index is 0.629. The number of nitrogens with zero attached hydrogens (tertiary/aromatic N) is 1. The SMILES string of the molecule is NCCc1cc(Cl)ccc1Sc1ccncc1. The molecule has 0 aliphatic rings. The van der Waals surface area contributed by atoms with Crippen LogP contribution in [-0.4, -0.2) is 11.5 Å². The molecule has 88 valence electrons. The van der Waals surface area contributed by atoms with Crippen LogP contribution in [0.25, 0.3) is 0 Å². The maximum atomic E-state index is 6.00. The lowest BCUT2D eigenvalue weighted by molar-refractivity contribution is 0.944. The fourth-order valence-electron chi connectivity index (χ4n) is 1.53. The highest BCUT2D eigenvalue weighted by atomic mass is 35.5. The van der Waals surface area contributed by atoms with E-state index in [4.69, 9.17) is 17.3 Å². The van der Waals surface area contributed by atoms with Crippen LogP contribution in [0.1, 0.15) is 5.56 Å². The van der Waals surface area contributed by atoms with Gasteiger partial charge >= 0.3 is 0 Å². The summed E-state index contributed by atoms with van der Waals surface area (Å²) in [6, 6.07) is 9.92. The van der Waals surface area contributed by atoms with Crippen molar-refractivity contribution in [3.63, 3.8) is 0 Å². The Bertz CT molecular complexity index is 488. The van der Waals surface area contributed by atoms with Crippen molar-refractivity contribution in [3.05, 3.63) is 53.3 Å². The van der Waals surface area contributed by atoms with Crippen molar-refractivity contribution in [2.24, 2.45) is 5.73 Å². The first kappa shape index (κ1) is 12.4. The van der Waals surface area contributed by atoms with Gasteiger partial charge in [0.15, 0.2) is 0 Å². The van der Waals surface area contributed by atoms with Crippen molar-refractivity contribution in [1.82, 2.24) is 4.98 Å². The third-order valence-electron chi connectivity index (χ3n) is 2.31. The third kappa shape index (κ3) is 3.46. The van der Waals surface area contributed by atoms with Crippen molar-refractivity contribution in [2.75, 3.05) is 6.54 Å². The molecule has 0 fully saturated rings. The van der Waals surface area contributed by atoms with Crippen molar-refractivity contribution >= 4 is 23.4 Å². The maximum absolute atomic E-state index is 6.00. The van der Waals surface area contributed by atoms with Crippen molar-refractivity contribution < 1.29 is 0 Å². The Labute approximate surface area is 110 Å². The summed E-state index contributed by atoms with van der Waals surface area (Å²) in [5.41, 5.74) is 6.81. The van der Waals surface area contributed by atoms with Crippen molar-refractivity contribution in [1.29, 1.82) is 0 Å². The highest BCUT2D eigenvalue weighted by molar-refractivity contribution is 7.99. The Kier molecular flexibility index (Phi) is 4.42. The van der Waals surface area contributed by atoms with E-state index in [0.717, 1.165) is 11.4 Å². The summed E-state index contributed by atoms with van der Waals surface area (Å²) < 4.78 is 0. The van der Waals surface area contributed by atoms with Gasteiger partial charge in [-0.2, -0.15) is 0 Å². The lowest BCUT2D eigenvalue weighted by Crippen LogP contribution is -2.03. The number of hydrogen-bond acceptors (Lipinski definition) is 3. The first-order valence-electron chi connectivity index (χ1n) is 5.36. The van der Waals surface area contributed by atoms with Gasteiger partial charge in [-0.15, -0.1) is 0 Å². The molecule has 0 radical (unpaired) electrons. The Hall–Kier alpha value is -1.03. The average molecular weight is 265 g/mol. The molecule has 0 aliphatic heterocycles. The van der Waals surface area contributed by atoms with E-state index in [0.29, 0.717) is 6.54 Å². The van der Waals surface area contributed by atoms with E-state index in [1.807, 2.05) is 30.3 Å². The van der Waals surface area contributed by atoms with E-state index in [2.05, 4.69) is 4.98 Å². The highest BCUT2D eigenvalue weighted by Gasteiger charge is 2.04. The molecule has 1 heterocycles. The summed E-state index contributed by atoms with van der Waals surface area (Å²) in [4.78, 5) is 6.37. The van der Waals surface area contributed by atoms with Gasteiger partial charge in [0.2, 0.25) is 0 Å². The Balaban J connectivity index is 2.26. The Morgan fingerprint density at radius 2 is 1.94 bits per heavy atom. The number of hydrogen-bond donors (Lipinski definition) is 1. The first-order chi connectivity index (χ1) is 8.29. The summed E-state index contributed by atoms with van der Waals surface area (Å²) in [5, 5.41) is 0.757. The second kappa shape index (κ2) is 6.05. The van der Waals surface area contributed by atoms with Gasteiger partial charge in [0.05, 0.1) is 0 Å². The molecule has 0 spiro atoms. The molecule has 1 aromatic carbocycles. The second-order valence-electron chi connectivity index (χ2n) is 3.58. The smallest absolute Gasteiger partial charge is 0.0409 e. The van der Waals surface area contributed by atoms with Crippen LogP contribution in [0.3, 0.4) is 0 Å². The number of nitrogens with two attached hydrogens (primary N) is 1. The minimum Gasteiger partial charge on any atom is -0.330 e. The molecule has 0 amide bonds. The fraction of sp³-hybridized carbons (Fsp3) is 0.154. The lowest BCUT2D eigenvalue weighted by Gasteiger charge is -2.08. The molecular formula is C13H13ClN2S. The number of rotatable bonds is 4. The Morgan fingerprint density at radius 1 is 1.18 bits per heavy atom. The van der Waals surface area contributed by atoms with E-state index in [9.17, 15) is 0 Å². The van der Waals surface area contributed by atoms with E-state index in [1.165, 1.54) is 15.4 Å². The predicted molar refractivity (Wildman–Crippen MR) is 72.6 cm³/mol. The summed E-state index contributed by atoms with van der Waals surface area (Å²) in [7, 11) is 0. The van der Waals surface area contributed by atoms with E-state index >= 15 is 0 Å². The summed E-state index contributed by atoms with van der Waals surface area (Å²) in [6.07, 6.45) is 4.43. The quantitative estimate of drug-likeness (QED) is 0.920. The standard InChI is InChI=1S/C13H13ClN2S/c14-11-1-2-13(10(9-11)3-6-15)17-12-4-7-16-8-5-12/h1-2,4-5,7-9H,3,6,15H2. The van der Waals surface area contributed by atoms with E-state index < -0.39 is 0 Å². The van der Waals surface area contributed by atoms with Crippen molar-refractivity contribution in [3.8, 4) is 0 Å². The molecule has 4 heteroatoms. The minimum atomic E-state index is 0.629. The van der Waals surface area contributed by atoms with E-state index in [1.54, 1.807) is 24.2 Å². The predicted octanol–water partition coefficient (Wildman–Crippen LogP) is 3.39. The lowest BCUT2D eigenvalue weighted by atomic mass is 10.1. The molecule has 0 unspecified atom stereocenters. The molecule has 0 saturated carbocycles. The maximum Gasteiger partial charge on any atom is 0.0409 e. The fourth-order valence-corrected chi connectivity index (χ4v) is 2.67. The molecule has 1 aromatic heterocycles. The molecule has 0 aliphatic carbocycles. The third-order valence-corrected chi connectivity index (χ3v) is 3.67. The van der Waals surface area contributed by atoms with Gasteiger partial charge in [0.25, 0.3) is 0 Å². The number of benzene rings is 1. The van der Waals surface area contributed by atoms with Crippen molar-refractivity contribution in [2.45, 2.75) is 16.2 Å². The highest BCUT2D eigenvalue weighted by Crippen LogP contribution is 2.31. The molecule has 2 aromatic rings. The normalized spacial score (nSPS) is 10.5. The van der Waals surface area contributed by atoms with Gasteiger partial charge in [0, 0.05) is 27.2 Å². The first-order valence-corrected chi connectivity index (χ1v) is 6.55. The molecular weight excluding hydrogens is 252 g/mol. The topological polar surface area (TPSA) is 38.9 Å².